The average molecular weight is 263 g/mol. The van der Waals surface area contributed by atoms with E-state index < -0.39 is 0 Å². The van der Waals surface area contributed by atoms with Crippen LogP contribution in [0.25, 0.3) is 0 Å². The third-order valence-corrected chi connectivity index (χ3v) is 3.87. The van der Waals surface area contributed by atoms with Crippen molar-refractivity contribution in [2.24, 2.45) is 0 Å². The maximum atomic E-state index is 12.3. The van der Waals surface area contributed by atoms with Crippen molar-refractivity contribution < 1.29 is 14.3 Å². The molecule has 2 aliphatic rings. The van der Waals surface area contributed by atoms with Crippen molar-refractivity contribution in [3.63, 3.8) is 0 Å². The summed E-state index contributed by atoms with van der Waals surface area (Å²) in [6, 6.07) is 1.70. The lowest BCUT2D eigenvalue weighted by Gasteiger charge is -2.22. The first-order chi connectivity index (χ1) is 9.22. The van der Waals surface area contributed by atoms with Crippen LogP contribution in [0, 0.1) is 0 Å². The molecule has 102 valence electrons. The third-order valence-electron chi connectivity index (χ3n) is 3.87. The van der Waals surface area contributed by atoms with E-state index in [4.69, 9.17) is 9.47 Å². The minimum Gasteiger partial charge on any atom is -0.379 e. The molecule has 0 saturated carbocycles. The molecule has 0 radical (unpaired) electrons. The highest BCUT2D eigenvalue weighted by atomic mass is 16.6. The smallest absolute Gasteiger partial charge is 0.291 e. The molecule has 6 nitrogen and oxygen atoms in total. The summed E-state index contributed by atoms with van der Waals surface area (Å²) in [6.45, 7) is 1.90. The Morgan fingerprint density at radius 2 is 2.32 bits per heavy atom. The van der Waals surface area contributed by atoms with Crippen LogP contribution in [0.5, 0.6) is 0 Å². The molecule has 1 amide bonds. The minimum absolute atomic E-state index is 0.123. The van der Waals surface area contributed by atoms with Crippen molar-refractivity contribution in [3.8, 4) is 0 Å². The van der Waals surface area contributed by atoms with Gasteiger partial charge in [-0.3, -0.25) is 4.79 Å². The van der Waals surface area contributed by atoms with Crippen molar-refractivity contribution in [2.75, 3.05) is 26.8 Å². The molecule has 0 bridgehead atoms. The van der Waals surface area contributed by atoms with Gasteiger partial charge in [0.05, 0.1) is 24.9 Å². The molecule has 2 saturated heterocycles. The second kappa shape index (κ2) is 4.86. The number of aromatic nitrogens is 2. The maximum Gasteiger partial charge on any atom is 0.291 e. The summed E-state index contributed by atoms with van der Waals surface area (Å²) in [6.07, 6.45) is 5.01. The van der Waals surface area contributed by atoms with E-state index in [2.05, 4.69) is 9.97 Å². The van der Waals surface area contributed by atoms with E-state index in [1.165, 1.54) is 0 Å². The van der Waals surface area contributed by atoms with Crippen LogP contribution in [0.1, 0.15) is 23.5 Å². The second-order valence-corrected chi connectivity index (χ2v) is 5.10. The van der Waals surface area contributed by atoms with Crippen molar-refractivity contribution in [1.29, 1.82) is 0 Å². The van der Waals surface area contributed by atoms with Crippen LogP contribution in [-0.4, -0.2) is 59.3 Å². The summed E-state index contributed by atoms with van der Waals surface area (Å²) < 4.78 is 11.2. The molecular formula is C13H17N3O3. The van der Waals surface area contributed by atoms with Gasteiger partial charge in [-0.2, -0.15) is 0 Å². The largest absolute Gasteiger partial charge is 0.379 e. The summed E-state index contributed by atoms with van der Waals surface area (Å²) >= 11 is 0. The highest BCUT2D eigenvalue weighted by molar-refractivity contribution is 5.90. The fraction of sp³-hybridized carbons (Fsp3) is 0.615. The van der Waals surface area contributed by atoms with Crippen LogP contribution < -0.4 is 0 Å². The summed E-state index contributed by atoms with van der Waals surface area (Å²) in [4.78, 5) is 22.0. The Balaban J connectivity index is 1.68. The number of methoxy groups -OCH3 is 1. The van der Waals surface area contributed by atoms with E-state index in [0.717, 1.165) is 12.8 Å². The Morgan fingerprint density at radius 3 is 3.00 bits per heavy atom. The Morgan fingerprint density at radius 1 is 1.53 bits per heavy atom. The van der Waals surface area contributed by atoms with Crippen LogP contribution in [0.4, 0.5) is 0 Å². The standard InChI is InChI=1S/C13H17N3O3/c1-18-10-7-13(19-8-10)3-6-16(9-13)12(17)11-14-4-2-5-15-11/h2,4-5,10H,3,6-9H2,1H3/t10-,13+/m1/s1. The van der Waals surface area contributed by atoms with Gasteiger partial charge in [-0.25, -0.2) is 9.97 Å². The van der Waals surface area contributed by atoms with E-state index in [9.17, 15) is 4.79 Å². The van der Waals surface area contributed by atoms with Gasteiger partial charge in [0.25, 0.3) is 5.91 Å². The topological polar surface area (TPSA) is 64.6 Å². The van der Waals surface area contributed by atoms with Gasteiger partial charge in [0.1, 0.15) is 0 Å². The molecule has 19 heavy (non-hydrogen) atoms. The zero-order valence-electron chi connectivity index (χ0n) is 10.9. The van der Waals surface area contributed by atoms with E-state index in [-0.39, 0.29) is 23.4 Å². The predicted molar refractivity (Wildman–Crippen MR) is 66.6 cm³/mol. The Bertz CT molecular complexity index is 467. The minimum atomic E-state index is -0.231. The maximum absolute atomic E-state index is 12.3. The predicted octanol–water partition coefficient (Wildman–Crippen LogP) is 0.497. The monoisotopic (exact) mass is 263 g/mol. The SMILES string of the molecule is CO[C@H]1CO[C@@]2(CCN(C(=O)c3ncccn3)C2)C1. The first-order valence-electron chi connectivity index (χ1n) is 6.45. The fourth-order valence-electron chi connectivity index (χ4n) is 2.81. The number of likely N-dealkylation sites (tertiary alicyclic amines) is 1. The molecule has 2 atom stereocenters. The highest BCUT2D eigenvalue weighted by Gasteiger charge is 2.47. The van der Waals surface area contributed by atoms with E-state index in [1.54, 1.807) is 30.5 Å². The lowest BCUT2D eigenvalue weighted by atomic mass is 9.98. The normalized spacial score (nSPS) is 30.2. The molecule has 1 aromatic heterocycles. The number of rotatable bonds is 2. The molecule has 2 fully saturated rings. The van der Waals surface area contributed by atoms with Crippen molar-refractivity contribution in [1.82, 2.24) is 14.9 Å². The molecular weight excluding hydrogens is 246 g/mol. The zero-order valence-corrected chi connectivity index (χ0v) is 10.9. The van der Waals surface area contributed by atoms with Gasteiger partial charge in [0.15, 0.2) is 0 Å². The molecule has 0 unspecified atom stereocenters. The summed E-state index contributed by atoms with van der Waals surface area (Å²) in [5.74, 6) is 0.128. The van der Waals surface area contributed by atoms with Gasteiger partial charge in [0, 0.05) is 32.5 Å². The van der Waals surface area contributed by atoms with Gasteiger partial charge in [0.2, 0.25) is 5.82 Å². The van der Waals surface area contributed by atoms with Gasteiger partial charge in [-0.1, -0.05) is 0 Å². The Hall–Kier alpha value is -1.53. The van der Waals surface area contributed by atoms with Crippen LogP contribution in [-0.2, 0) is 9.47 Å². The molecule has 3 rings (SSSR count). The summed E-state index contributed by atoms with van der Waals surface area (Å²) in [5, 5.41) is 0. The first kappa shape index (κ1) is 12.5. The molecule has 3 heterocycles. The van der Waals surface area contributed by atoms with Crippen LogP contribution in [0.2, 0.25) is 0 Å². The number of hydrogen-bond acceptors (Lipinski definition) is 5. The van der Waals surface area contributed by atoms with Crippen molar-refractivity contribution >= 4 is 5.91 Å². The summed E-state index contributed by atoms with van der Waals surface area (Å²) in [7, 11) is 1.70. The fourth-order valence-corrected chi connectivity index (χ4v) is 2.81. The van der Waals surface area contributed by atoms with E-state index in [0.29, 0.717) is 19.7 Å². The number of hydrogen-bond donors (Lipinski definition) is 0. The van der Waals surface area contributed by atoms with E-state index >= 15 is 0 Å². The number of amides is 1. The molecule has 0 N–H and O–H groups in total. The number of ether oxygens (including phenoxy) is 2. The quantitative estimate of drug-likeness (QED) is 0.777. The molecule has 6 heteroatoms. The summed E-state index contributed by atoms with van der Waals surface area (Å²) in [5.41, 5.74) is -0.231. The molecule has 0 aromatic carbocycles. The molecule has 1 spiro atoms. The Labute approximate surface area is 111 Å². The average Bonchev–Trinajstić information content (AvgIpc) is 3.07. The second-order valence-electron chi connectivity index (χ2n) is 5.10. The van der Waals surface area contributed by atoms with E-state index in [1.807, 2.05) is 0 Å². The van der Waals surface area contributed by atoms with Gasteiger partial charge in [-0.05, 0) is 12.5 Å². The zero-order chi connectivity index (χ0) is 13.3. The van der Waals surface area contributed by atoms with Gasteiger partial charge >= 0.3 is 0 Å². The Kier molecular flexibility index (Phi) is 3.20. The highest BCUT2D eigenvalue weighted by Crippen LogP contribution is 2.36. The number of nitrogens with zero attached hydrogens (tertiary/aromatic N) is 3. The van der Waals surface area contributed by atoms with Gasteiger partial charge in [-0.15, -0.1) is 0 Å². The van der Waals surface area contributed by atoms with Crippen LogP contribution >= 0.6 is 0 Å². The van der Waals surface area contributed by atoms with Crippen molar-refractivity contribution in [2.45, 2.75) is 24.5 Å². The first-order valence-corrected chi connectivity index (χ1v) is 6.45. The van der Waals surface area contributed by atoms with Crippen LogP contribution in [0.3, 0.4) is 0 Å². The molecule has 0 aliphatic carbocycles. The lowest BCUT2D eigenvalue weighted by Crippen LogP contribution is -2.36. The molecule has 1 aromatic rings. The van der Waals surface area contributed by atoms with Crippen LogP contribution in [0.15, 0.2) is 18.5 Å². The third kappa shape index (κ3) is 2.33. The number of carbonyl (C=O) groups is 1. The molecule has 2 aliphatic heterocycles. The number of carbonyl (C=O) groups excluding carboxylic acids is 1. The lowest BCUT2D eigenvalue weighted by molar-refractivity contribution is 0.00692. The van der Waals surface area contributed by atoms with Gasteiger partial charge < -0.3 is 14.4 Å². The van der Waals surface area contributed by atoms with Crippen molar-refractivity contribution in [3.05, 3.63) is 24.3 Å².